The van der Waals surface area contributed by atoms with Crippen LogP contribution in [0.2, 0.25) is 0 Å². The maximum Gasteiger partial charge on any atom is 0.0363 e. The second-order valence-corrected chi connectivity index (χ2v) is 3.39. The van der Waals surface area contributed by atoms with Gasteiger partial charge < -0.3 is 4.90 Å². The number of hydrogen-bond donors (Lipinski definition) is 0. The van der Waals surface area contributed by atoms with Gasteiger partial charge in [-0.15, -0.1) is 0 Å². The van der Waals surface area contributed by atoms with Crippen molar-refractivity contribution in [2.24, 2.45) is 10.9 Å². The van der Waals surface area contributed by atoms with Crippen molar-refractivity contribution in [3.05, 3.63) is 0 Å². The average Bonchev–Trinajstić information content (AvgIpc) is 1.98. The van der Waals surface area contributed by atoms with Gasteiger partial charge in [-0.25, -0.2) is 0 Å². The van der Waals surface area contributed by atoms with Crippen LogP contribution in [0.5, 0.6) is 0 Å². The Bertz CT molecular complexity index is 152. The normalized spacial score (nSPS) is 31.2. The van der Waals surface area contributed by atoms with E-state index >= 15 is 0 Å². The topological polar surface area (TPSA) is 15.6 Å². The molecule has 0 aromatic carbocycles. The van der Waals surface area contributed by atoms with Gasteiger partial charge in [-0.05, 0) is 32.9 Å². The summed E-state index contributed by atoms with van der Waals surface area (Å²) >= 11 is 0. The fourth-order valence-corrected chi connectivity index (χ4v) is 1.50. The van der Waals surface area contributed by atoms with Gasteiger partial charge in [-0.3, -0.25) is 4.99 Å². The molecule has 0 bridgehead atoms. The summed E-state index contributed by atoms with van der Waals surface area (Å²) in [6, 6.07) is 0. The highest BCUT2D eigenvalue weighted by atomic mass is 15.1. The third-order valence-corrected chi connectivity index (χ3v) is 2.31. The van der Waals surface area contributed by atoms with E-state index in [0.29, 0.717) is 5.92 Å². The van der Waals surface area contributed by atoms with E-state index in [-0.39, 0.29) is 0 Å². The van der Waals surface area contributed by atoms with E-state index in [2.05, 4.69) is 30.8 Å². The van der Waals surface area contributed by atoms with Crippen molar-refractivity contribution in [1.82, 2.24) is 4.90 Å². The van der Waals surface area contributed by atoms with E-state index in [1.807, 2.05) is 0 Å². The largest absolute Gasteiger partial charge is 0.301 e. The Labute approximate surface area is 69.3 Å². The zero-order valence-electron chi connectivity index (χ0n) is 7.80. The highest BCUT2D eigenvalue weighted by molar-refractivity contribution is 5.89. The SMILES string of the molecule is CCN=C1CN(C)CCC1C. The first-order valence-electron chi connectivity index (χ1n) is 4.45. The fraction of sp³-hybridized carbons (Fsp3) is 0.889. The number of piperidine rings is 1. The van der Waals surface area contributed by atoms with Crippen LogP contribution < -0.4 is 0 Å². The van der Waals surface area contributed by atoms with Crippen LogP contribution in [-0.4, -0.2) is 37.3 Å². The van der Waals surface area contributed by atoms with Crippen LogP contribution in [0.4, 0.5) is 0 Å². The molecule has 11 heavy (non-hydrogen) atoms. The standard InChI is InChI=1S/C9H18N2/c1-4-10-9-7-11(3)6-5-8(9)2/h8H,4-7H2,1-3H3. The molecule has 0 N–H and O–H groups in total. The van der Waals surface area contributed by atoms with Crippen molar-refractivity contribution in [3.8, 4) is 0 Å². The molecule has 1 aliphatic rings. The van der Waals surface area contributed by atoms with Crippen molar-refractivity contribution in [1.29, 1.82) is 0 Å². The molecular formula is C9H18N2. The molecule has 64 valence electrons. The van der Waals surface area contributed by atoms with E-state index in [1.54, 1.807) is 0 Å². The highest BCUT2D eigenvalue weighted by Gasteiger charge is 2.18. The van der Waals surface area contributed by atoms with Crippen LogP contribution in [0, 0.1) is 5.92 Å². The molecule has 0 aromatic rings. The lowest BCUT2D eigenvalue weighted by atomic mass is 9.97. The predicted molar refractivity (Wildman–Crippen MR) is 49.3 cm³/mol. The van der Waals surface area contributed by atoms with Crippen molar-refractivity contribution in [2.75, 3.05) is 26.7 Å². The summed E-state index contributed by atoms with van der Waals surface area (Å²) in [6.07, 6.45) is 1.27. The van der Waals surface area contributed by atoms with Crippen molar-refractivity contribution < 1.29 is 0 Å². The molecule has 1 saturated heterocycles. The van der Waals surface area contributed by atoms with Gasteiger partial charge >= 0.3 is 0 Å². The average molecular weight is 154 g/mol. The minimum absolute atomic E-state index is 0.714. The van der Waals surface area contributed by atoms with Gasteiger partial charge in [0.15, 0.2) is 0 Å². The monoisotopic (exact) mass is 154 g/mol. The molecule has 0 saturated carbocycles. The predicted octanol–water partition coefficient (Wildman–Crippen LogP) is 1.42. The quantitative estimate of drug-likeness (QED) is 0.557. The van der Waals surface area contributed by atoms with Crippen LogP contribution in [0.15, 0.2) is 4.99 Å². The Hall–Kier alpha value is -0.370. The lowest BCUT2D eigenvalue weighted by Gasteiger charge is -2.28. The summed E-state index contributed by atoms with van der Waals surface area (Å²) in [5.41, 5.74) is 1.39. The molecule has 2 nitrogen and oxygen atoms in total. The summed E-state index contributed by atoms with van der Waals surface area (Å²) in [5, 5.41) is 0. The Kier molecular flexibility index (Phi) is 3.06. The summed E-state index contributed by atoms with van der Waals surface area (Å²) < 4.78 is 0. The summed E-state index contributed by atoms with van der Waals surface area (Å²) in [5.74, 6) is 0.714. The smallest absolute Gasteiger partial charge is 0.0363 e. The summed E-state index contributed by atoms with van der Waals surface area (Å²) in [7, 11) is 2.16. The van der Waals surface area contributed by atoms with E-state index in [1.165, 1.54) is 18.7 Å². The minimum Gasteiger partial charge on any atom is -0.301 e. The van der Waals surface area contributed by atoms with Crippen molar-refractivity contribution in [3.63, 3.8) is 0 Å². The molecule has 1 unspecified atom stereocenters. The van der Waals surface area contributed by atoms with Crippen molar-refractivity contribution in [2.45, 2.75) is 20.3 Å². The molecular weight excluding hydrogens is 136 g/mol. The number of hydrogen-bond acceptors (Lipinski definition) is 2. The van der Waals surface area contributed by atoms with Crippen LogP contribution in [0.25, 0.3) is 0 Å². The van der Waals surface area contributed by atoms with Gasteiger partial charge in [-0.2, -0.15) is 0 Å². The molecule has 0 amide bonds. The zero-order valence-corrected chi connectivity index (χ0v) is 7.80. The second kappa shape index (κ2) is 3.86. The molecule has 1 fully saturated rings. The van der Waals surface area contributed by atoms with Gasteiger partial charge in [0.2, 0.25) is 0 Å². The first-order chi connectivity index (χ1) is 5.24. The number of rotatable bonds is 1. The molecule has 0 spiro atoms. The van der Waals surface area contributed by atoms with Crippen LogP contribution in [-0.2, 0) is 0 Å². The van der Waals surface area contributed by atoms with Crippen molar-refractivity contribution >= 4 is 5.71 Å². The Morgan fingerprint density at radius 3 is 3.00 bits per heavy atom. The molecule has 1 rings (SSSR count). The van der Waals surface area contributed by atoms with Gasteiger partial charge in [0.1, 0.15) is 0 Å². The Morgan fingerprint density at radius 2 is 2.36 bits per heavy atom. The molecule has 1 atom stereocenters. The van der Waals surface area contributed by atoms with E-state index < -0.39 is 0 Å². The second-order valence-electron chi connectivity index (χ2n) is 3.39. The maximum atomic E-state index is 4.49. The lowest BCUT2D eigenvalue weighted by molar-refractivity contribution is 0.327. The first-order valence-corrected chi connectivity index (χ1v) is 4.45. The van der Waals surface area contributed by atoms with Gasteiger partial charge in [0, 0.05) is 18.8 Å². The van der Waals surface area contributed by atoms with E-state index in [9.17, 15) is 0 Å². The van der Waals surface area contributed by atoms with Crippen LogP contribution in [0.3, 0.4) is 0 Å². The maximum absolute atomic E-state index is 4.49. The Morgan fingerprint density at radius 1 is 1.64 bits per heavy atom. The van der Waals surface area contributed by atoms with Gasteiger partial charge in [0.25, 0.3) is 0 Å². The third-order valence-electron chi connectivity index (χ3n) is 2.31. The first kappa shape index (κ1) is 8.72. The minimum atomic E-state index is 0.714. The Balaban J connectivity index is 2.54. The molecule has 0 aliphatic carbocycles. The molecule has 0 radical (unpaired) electrons. The number of nitrogens with zero attached hydrogens (tertiary/aromatic N) is 2. The highest BCUT2D eigenvalue weighted by Crippen LogP contribution is 2.12. The third kappa shape index (κ3) is 2.29. The molecule has 0 aromatic heterocycles. The van der Waals surface area contributed by atoms with E-state index in [0.717, 1.165) is 13.1 Å². The van der Waals surface area contributed by atoms with E-state index in [4.69, 9.17) is 0 Å². The zero-order chi connectivity index (χ0) is 8.27. The van der Waals surface area contributed by atoms with Gasteiger partial charge in [-0.1, -0.05) is 6.92 Å². The molecule has 1 heterocycles. The fourth-order valence-electron chi connectivity index (χ4n) is 1.50. The van der Waals surface area contributed by atoms with Gasteiger partial charge in [0.05, 0.1) is 0 Å². The lowest BCUT2D eigenvalue weighted by Crippen LogP contribution is -2.37. The number of aliphatic imine (C=N–C) groups is 1. The molecule has 2 heteroatoms. The number of likely N-dealkylation sites (tertiary alicyclic amines) is 1. The summed E-state index contributed by atoms with van der Waals surface area (Å²) in [6.45, 7) is 7.63. The van der Waals surface area contributed by atoms with Crippen LogP contribution >= 0.6 is 0 Å². The summed E-state index contributed by atoms with van der Waals surface area (Å²) in [4.78, 5) is 6.83. The van der Waals surface area contributed by atoms with Crippen LogP contribution in [0.1, 0.15) is 20.3 Å². The molecule has 1 aliphatic heterocycles.